The highest BCUT2D eigenvalue weighted by molar-refractivity contribution is 7.89. The predicted octanol–water partition coefficient (Wildman–Crippen LogP) is 4.92. The van der Waals surface area contributed by atoms with Crippen LogP contribution >= 0.6 is 11.6 Å². The second-order valence-corrected chi connectivity index (χ2v) is 9.98. The Kier molecular flexibility index (Phi) is 7.49. The number of halogens is 4. The van der Waals surface area contributed by atoms with Gasteiger partial charge in [-0.25, -0.2) is 13.6 Å². The number of anilines is 1. The summed E-state index contributed by atoms with van der Waals surface area (Å²) < 4.78 is 75.4. The highest BCUT2D eigenvalue weighted by Gasteiger charge is 2.46. The number of hydrogen-bond acceptors (Lipinski definition) is 6. The van der Waals surface area contributed by atoms with Crippen LogP contribution in [0, 0.1) is 0 Å². The lowest BCUT2D eigenvalue weighted by molar-refractivity contribution is -0.114. The van der Waals surface area contributed by atoms with E-state index in [0.717, 1.165) is 35.9 Å². The van der Waals surface area contributed by atoms with Crippen LogP contribution in [0.3, 0.4) is 0 Å². The monoisotopic (exact) mass is 565 g/mol. The van der Waals surface area contributed by atoms with Crippen molar-refractivity contribution in [2.45, 2.75) is 17.7 Å². The molecule has 1 amide bonds. The van der Waals surface area contributed by atoms with E-state index in [1.54, 1.807) is 24.3 Å². The van der Waals surface area contributed by atoms with E-state index < -0.39 is 33.4 Å². The third kappa shape index (κ3) is 5.98. The molecular formula is C25H19ClF3N3O5S. The Morgan fingerprint density at radius 2 is 1.68 bits per heavy atom. The van der Waals surface area contributed by atoms with Gasteiger partial charge in [0.2, 0.25) is 10.0 Å². The van der Waals surface area contributed by atoms with E-state index in [2.05, 4.69) is 5.10 Å². The van der Waals surface area contributed by atoms with Crippen LogP contribution in [0.25, 0.3) is 6.08 Å². The number of amides is 1. The summed E-state index contributed by atoms with van der Waals surface area (Å²) in [6.07, 6.45) is -3.90. The van der Waals surface area contributed by atoms with Crippen molar-refractivity contribution in [3.63, 3.8) is 0 Å². The Morgan fingerprint density at radius 3 is 2.26 bits per heavy atom. The number of nitrogens with zero attached hydrogens (tertiary/aromatic N) is 2. The number of alkyl halides is 3. The summed E-state index contributed by atoms with van der Waals surface area (Å²) in [5.74, 6) is -0.481. The molecule has 0 aromatic heterocycles. The summed E-state index contributed by atoms with van der Waals surface area (Å²) >= 11 is 5.88. The van der Waals surface area contributed by atoms with Gasteiger partial charge in [0.25, 0.3) is 5.91 Å². The summed E-state index contributed by atoms with van der Waals surface area (Å²) in [5, 5.41) is 9.63. The molecule has 3 aromatic rings. The molecule has 0 aliphatic carbocycles. The van der Waals surface area contributed by atoms with Gasteiger partial charge < -0.3 is 9.47 Å². The number of carbonyl (C=O) groups excluding carboxylic acids is 1. The van der Waals surface area contributed by atoms with E-state index in [1.807, 2.05) is 0 Å². The fraction of sp³-hybridized carbons (Fsp3) is 0.120. The van der Waals surface area contributed by atoms with Crippen LogP contribution in [0.2, 0.25) is 5.02 Å². The zero-order valence-electron chi connectivity index (χ0n) is 19.6. The molecule has 0 saturated carbocycles. The first kappa shape index (κ1) is 27.2. The number of hydrogen-bond donors (Lipinski definition) is 1. The van der Waals surface area contributed by atoms with Crippen molar-refractivity contribution in [2.75, 3.05) is 12.1 Å². The van der Waals surface area contributed by atoms with Crippen molar-refractivity contribution in [3.8, 4) is 11.5 Å². The van der Waals surface area contributed by atoms with Gasteiger partial charge in [-0.3, -0.25) is 4.79 Å². The summed E-state index contributed by atoms with van der Waals surface area (Å²) in [6.45, 7) is 0.191. The average Bonchev–Trinajstić information content (AvgIpc) is 3.20. The Hall–Kier alpha value is -3.87. The van der Waals surface area contributed by atoms with Crippen LogP contribution in [-0.2, 0) is 21.4 Å². The molecule has 198 valence electrons. The normalized spacial score (nSPS) is 15.1. The fourth-order valence-corrected chi connectivity index (χ4v) is 4.15. The molecule has 13 heteroatoms. The zero-order valence-corrected chi connectivity index (χ0v) is 21.1. The van der Waals surface area contributed by atoms with Crippen molar-refractivity contribution in [1.82, 2.24) is 0 Å². The fourth-order valence-electron chi connectivity index (χ4n) is 3.51. The summed E-state index contributed by atoms with van der Waals surface area (Å²) in [7, 11) is -2.66. The van der Waals surface area contributed by atoms with Crippen LogP contribution in [0.15, 0.2) is 82.3 Å². The maximum absolute atomic E-state index is 13.8. The molecular weight excluding hydrogens is 547 g/mol. The topological polar surface area (TPSA) is 111 Å². The van der Waals surface area contributed by atoms with Crippen LogP contribution < -0.4 is 19.6 Å². The molecule has 0 radical (unpaired) electrons. The van der Waals surface area contributed by atoms with E-state index in [4.69, 9.17) is 26.2 Å². The van der Waals surface area contributed by atoms with Crippen molar-refractivity contribution < 1.29 is 35.9 Å². The summed E-state index contributed by atoms with van der Waals surface area (Å²) in [4.78, 5) is 12.7. The predicted molar refractivity (Wildman–Crippen MR) is 136 cm³/mol. The van der Waals surface area contributed by atoms with Gasteiger partial charge in [-0.1, -0.05) is 29.8 Å². The lowest BCUT2D eigenvalue weighted by atomic mass is 10.1. The maximum Gasteiger partial charge on any atom is 0.435 e. The molecule has 0 saturated heterocycles. The minimum atomic E-state index is -4.94. The molecule has 38 heavy (non-hydrogen) atoms. The Labute approximate surface area is 220 Å². The van der Waals surface area contributed by atoms with Crippen LogP contribution in [0.4, 0.5) is 18.9 Å². The zero-order chi connectivity index (χ0) is 27.7. The number of benzene rings is 3. The van der Waals surface area contributed by atoms with Gasteiger partial charge in [0, 0.05) is 5.02 Å². The maximum atomic E-state index is 13.8. The number of hydrazone groups is 1. The molecule has 3 aromatic carbocycles. The Balaban J connectivity index is 1.63. The highest BCUT2D eigenvalue weighted by atomic mass is 35.5. The van der Waals surface area contributed by atoms with Gasteiger partial charge in [-0.2, -0.15) is 23.3 Å². The van der Waals surface area contributed by atoms with Crippen molar-refractivity contribution in [1.29, 1.82) is 0 Å². The molecule has 4 rings (SSSR count). The average molecular weight is 566 g/mol. The largest absolute Gasteiger partial charge is 0.493 e. The van der Waals surface area contributed by atoms with Gasteiger partial charge >= 0.3 is 6.18 Å². The third-order valence-electron chi connectivity index (χ3n) is 5.36. The number of nitrogens with two attached hydrogens (primary N) is 1. The first-order chi connectivity index (χ1) is 17.9. The highest BCUT2D eigenvalue weighted by Crippen LogP contribution is 2.35. The molecule has 0 fully saturated rings. The van der Waals surface area contributed by atoms with Gasteiger partial charge in [0.15, 0.2) is 17.2 Å². The second kappa shape index (κ2) is 10.5. The van der Waals surface area contributed by atoms with E-state index in [-0.39, 0.29) is 28.5 Å². The van der Waals surface area contributed by atoms with E-state index in [9.17, 15) is 26.4 Å². The Morgan fingerprint density at radius 1 is 1.03 bits per heavy atom. The first-order valence-corrected chi connectivity index (χ1v) is 12.7. The molecule has 0 spiro atoms. The van der Waals surface area contributed by atoms with Gasteiger partial charge in [-0.15, -0.1) is 0 Å². The lowest BCUT2D eigenvalue weighted by Gasteiger charge is -2.13. The van der Waals surface area contributed by atoms with Crippen LogP contribution in [0.5, 0.6) is 11.5 Å². The summed E-state index contributed by atoms with van der Waals surface area (Å²) in [6, 6.07) is 15.8. The number of sulfonamides is 1. The van der Waals surface area contributed by atoms with Crippen molar-refractivity contribution in [3.05, 3.63) is 88.5 Å². The molecule has 1 aliphatic heterocycles. The molecule has 0 bridgehead atoms. The van der Waals surface area contributed by atoms with E-state index in [1.165, 1.54) is 25.3 Å². The number of rotatable bonds is 7. The van der Waals surface area contributed by atoms with Gasteiger partial charge in [0.05, 0.1) is 23.3 Å². The Bertz CT molecular complexity index is 1540. The van der Waals surface area contributed by atoms with Gasteiger partial charge in [0.1, 0.15) is 6.61 Å². The number of carbonyl (C=O) groups is 1. The first-order valence-electron chi connectivity index (χ1n) is 10.8. The lowest BCUT2D eigenvalue weighted by Crippen LogP contribution is -2.25. The molecule has 1 aliphatic rings. The molecule has 8 nitrogen and oxygen atoms in total. The minimum absolute atomic E-state index is 0.0731. The molecule has 0 atom stereocenters. The van der Waals surface area contributed by atoms with Crippen LogP contribution in [-0.4, -0.2) is 33.3 Å². The SMILES string of the molecule is COc1cc(C=C2C(=O)N(c3ccc(S(N)(=O)=O)cc3)N=C2C(F)(F)F)ccc1OCc1ccc(Cl)cc1. The standard InChI is InChI=1S/C25H19ClF3N3O5S/c1-36-22-13-16(4-11-21(22)37-14-15-2-5-17(26)6-3-15)12-20-23(25(27,28)29)31-32(24(20)33)18-7-9-19(10-8-18)38(30,34)35/h2-13H,14H2,1H3,(H2,30,34,35). The van der Waals surface area contributed by atoms with E-state index in [0.29, 0.717) is 15.8 Å². The van der Waals surface area contributed by atoms with Crippen LogP contribution in [0.1, 0.15) is 11.1 Å². The minimum Gasteiger partial charge on any atom is -0.493 e. The number of ether oxygens (including phenoxy) is 2. The second-order valence-electron chi connectivity index (χ2n) is 7.99. The molecule has 1 heterocycles. The van der Waals surface area contributed by atoms with Crippen molar-refractivity contribution >= 4 is 45.0 Å². The smallest absolute Gasteiger partial charge is 0.435 e. The van der Waals surface area contributed by atoms with Gasteiger partial charge in [-0.05, 0) is 65.7 Å². The van der Waals surface area contributed by atoms with Crippen molar-refractivity contribution in [2.24, 2.45) is 10.2 Å². The molecule has 2 N–H and O–H groups in total. The number of methoxy groups -OCH3 is 1. The number of primary sulfonamides is 1. The molecule has 0 unspecified atom stereocenters. The quantitative estimate of drug-likeness (QED) is 0.409. The summed E-state index contributed by atoms with van der Waals surface area (Å²) in [5.41, 5.74) is -1.11. The van der Waals surface area contributed by atoms with E-state index >= 15 is 0 Å². The third-order valence-corrected chi connectivity index (χ3v) is 6.54.